The molecule has 0 saturated carbocycles. The van der Waals surface area contributed by atoms with Gasteiger partial charge in [0, 0.05) is 48.6 Å². The van der Waals surface area contributed by atoms with Crippen molar-refractivity contribution in [2.45, 2.75) is 31.8 Å². The Bertz CT molecular complexity index is 1440. The Morgan fingerprint density at radius 2 is 2.16 bits per heavy atom. The maximum atomic E-state index is 11.2. The number of hydrogen-bond acceptors (Lipinski definition) is 9. The van der Waals surface area contributed by atoms with E-state index in [0.29, 0.717) is 53.2 Å². The van der Waals surface area contributed by atoms with E-state index in [1.807, 2.05) is 21.8 Å². The molecule has 2 aliphatic heterocycles. The van der Waals surface area contributed by atoms with Crippen LogP contribution in [0.25, 0.3) is 11.3 Å². The third-order valence-corrected chi connectivity index (χ3v) is 7.33. The van der Waals surface area contributed by atoms with E-state index in [9.17, 15) is 15.2 Å². The number of nitriles is 1. The quantitative estimate of drug-likeness (QED) is 0.347. The van der Waals surface area contributed by atoms with Crippen LogP contribution in [0.4, 0.5) is 23.0 Å². The number of nitrogens with zero attached hydrogens (tertiary/aromatic N) is 5. The number of ether oxygens (including phenoxy) is 1. The van der Waals surface area contributed by atoms with E-state index in [-0.39, 0.29) is 11.5 Å². The van der Waals surface area contributed by atoms with Gasteiger partial charge in [-0.25, -0.2) is 9.97 Å². The van der Waals surface area contributed by atoms with Crippen LogP contribution in [0.1, 0.15) is 31.4 Å². The first-order valence-electron chi connectivity index (χ1n) is 12.3. The first-order valence-corrected chi connectivity index (χ1v) is 12.7. The predicted octanol–water partition coefficient (Wildman–Crippen LogP) is 3.90. The van der Waals surface area contributed by atoms with Gasteiger partial charge in [0.05, 0.1) is 40.9 Å². The Morgan fingerprint density at radius 1 is 1.34 bits per heavy atom. The lowest BCUT2D eigenvalue weighted by molar-refractivity contribution is 0.198. The molecule has 1 radical (unpaired) electrons. The molecule has 0 amide bonds. The van der Waals surface area contributed by atoms with Crippen molar-refractivity contribution in [3.63, 3.8) is 0 Å². The molecule has 2 aliphatic rings. The van der Waals surface area contributed by atoms with E-state index in [1.54, 1.807) is 31.5 Å². The number of anilines is 4. The molecule has 11 heteroatoms. The SMILES string of the molecule is COc1cc(N2CCC(O)C2)c(Cl)cc1Nc1nccc(-c2cc(C#N)c3c(c2)C(C)(C)CN3[B]C=O)n1. The minimum Gasteiger partial charge on any atom is -0.494 e. The first kappa shape index (κ1) is 25.8. The van der Waals surface area contributed by atoms with Crippen LogP contribution in [0.15, 0.2) is 36.5 Å². The van der Waals surface area contributed by atoms with Crippen LogP contribution in [-0.2, 0) is 10.2 Å². The first-order chi connectivity index (χ1) is 18.2. The van der Waals surface area contributed by atoms with Gasteiger partial charge in [-0.15, -0.1) is 0 Å². The number of methoxy groups -OCH3 is 1. The normalized spacial score (nSPS) is 17.6. The Balaban J connectivity index is 1.48. The van der Waals surface area contributed by atoms with Crippen molar-refractivity contribution in [1.29, 1.82) is 5.26 Å². The molecule has 2 N–H and O–H groups in total. The molecule has 0 aliphatic carbocycles. The van der Waals surface area contributed by atoms with Crippen molar-refractivity contribution in [3.8, 4) is 23.1 Å². The summed E-state index contributed by atoms with van der Waals surface area (Å²) in [6.07, 6.45) is 2.71. The molecule has 5 rings (SSSR count). The van der Waals surface area contributed by atoms with Crippen LogP contribution in [0, 0.1) is 11.3 Å². The van der Waals surface area contributed by atoms with Crippen molar-refractivity contribution >= 4 is 48.2 Å². The zero-order chi connectivity index (χ0) is 27.0. The summed E-state index contributed by atoms with van der Waals surface area (Å²) in [5.41, 5.74) is 4.77. The topological polar surface area (TPSA) is 115 Å². The fourth-order valence-corrected chi connectivity index (χ4v) is 5.48. The summed E-state index contributed by atoms with van der Waals surface area (Å²) in [7, 11) is 3.05. The van der Waals surface area contributed by atoms with E-state index in [4.69, 9.17) is 21.3 Å². The van der Waals surface area contributed by atoms with Gasteiger partial charge in [-0.1, -0.05) is 25.4 Å². The van der Waals surface area contributed by atoms with E-state index < -0.39 is 0 Å². The number of aliphatic hydroxyl groups excluding tert-OH is 1. The Labute approximate surface area is 227 Å². The highest BCUT2D eigenvalue weighted by Gasteiger charge is 2.37. The number of rotatable bonds is 7. The van der Waals surface area contributed by atoms with Crippen LogP contribution in [0.2, 0.25) is 5.02 Å². The second-order valence-corrected chi connectivity index (χ2v) is 10.5. The van der Waals surface area contributed by atoms with Crippen LogP contribution in [0.3, 0.4) is 0 Å². The highest BCUT2D eigenvalue weighted by atomic mass is 35.5. The Hall–Kier alpha value is -3.81. The molecule has 0 bridgehead atoms. The smallest absolute Gasteiger partial charge is 0.329 e. The van der Waals surface area contributed by atoms with Gasteiger partial charge in [0.25, 0.3) is 0 Å². The zero-order valence-corrected chi connectivity index (χ0v) is 22.2. The molecule has 9 nitrogen and oxygen atoms in total. The number of nitrogens with one attached hydrogen (secondary N) is 1. The average molecular weight is 530 g/mol. The van der Waals surface area contributed by atoms with Crippen molar-refractivity contribution in [2.75, 3.05) is 41.8 Å². The van der Waals surface area contributed by atoms with E-state index in [1.165, 1.54) is 7.41 Å². The lowest BCUT2D eigenvalue weighted by Gasteiger charge is -2.21. The van der Waals surface area contributed by atoms with Crippen molar-refractivity contribution in [1.82, 2.24) is 9.97 Å². The molecule has 1 fully saturated rings. The summed E-state index contributed by atoms with van der Waals surface area (Å²) in [6.45, 7) is 6.02. The fourth-order valence-electron chi connectivity index (χ4n) is 5.20. The Kier molecular flexibility index (Phi) is 6.91. The second kappa shape index (κ2) is 10.2. The molecular formula is C27H27BClN6O3. The largest absolute Gasteiger partial charge is 0.494 e. The maximum absolute atomic E-state index is 11.2. The highest BCUT2D eigenvalue weighted by Crippen LogP contribution is 2.44. The second-order valence-electron chi connectivity index (χ2n) is 10.1. The Morgan fingerprint density at radius 3 is 2.84 bits per heavy atom. The van der Waals surface area contributed by atoms with Crippen molar-refractivity contribution < 1.29 is 14.6 Å². The van der Waals surface area contributed by atoms with Crippen molar-refractivity contribution in [3.05, 3.63) is 52.7 Å². The lowest BCUT2D eigenvalue weighted by atomic mass is 9.84. The number of carbonyl (C=O) groups excluding carboxylic acids is 1. The minimum absolute atomic E-state index is 0.262. The summed E-state index contributed by atoms with van der Waals surface area (Å²) in [5, 5.41) is 23.6. The number of carbonyl (C=O) groups is 1. The molecule has 3 aromatic rings. The van der Waals surface area contributed by atoms with E-state index in [0.717, 1.165) is 35.2 Å². The molecule has 1 unspecified atom stereocenters. The molecule has 1 aromatic heterocycles. The number of benzene rings is 2. The van der Waals surface area contributed by atoms with Gasteiger partial charge in [0.15, 0.2) is 0 Å². The molecular weight excluding hydrogens is 503 g/mol. The standard InChI is InChI=1S/C27H27BClN6O3/c1-27(2)14-35(28-15-36)25-17(12-30)8-16(9-19(25)27)21-4-6-31-26(32-21)33-22-10-20(29)23(11-24(22)38-3)34-7-5-18(37)13-34/h4,6,8-11,15,18,37H,5,7,13-14H2,1-3H3,(H,31,32,33). The third kappa shape index (κ3) is 4.75. The minimum atomic E-state index is -0.372. The van der Waals surface area contributed by atoms with E-state index in [2.05, 4.69) is 30.2 Å². The van der Waals surface area contributed by atoms with Crippen LogP contribution < -0.4 is 19.8 Å². The van der Waals surface area contributed by atoms with Crippen LogP contribution >= 0.6 is 11.6 Å². The third-order valence-electron chi connectivity index (χ3n) is 7.02. The maximum Gasteiger partial charge on any atom is 0.329 e. The summed E-state index contributed by atoms with van der Waals surface area (Å²) >= 11 is 6.61. The molecule has 2 aromatic carbocycles. The summed E-state index contributed by atoms with van der Waals surface area (Å²) in [5.74, 6) is 0.910. The fraction of sp³-hybridized carbons (Fsp3) is 0.333. The molecule has 38 heavy (non-hydrogen) atoms. The number of β-amino-alcohol motifs (C(OH)–C–C–N with tert-alkyl or cyclic N) is 1. The predicted molar refractivity (Wildman–Crippen MR) is 149 cm³/mol. The van der Waals surface area contributed by atoms with Gasteiger partial charge in [-0.3, -0.25) is 0 Å². The van der Waals surface area contributed by atoms with Gasteiger partial charge < -0.3 is 29.7 Å². The monoisotopic (exact) mass is 529 g/mol. The molecule has 3 heterocycles. The molecule has 1 saturated heterocycles. The summed E-state index contributed by atoms with van der Waals surface area (Å²) in [6, 6.07) is 11.5. The zero-order valence-electron chi connectivity index (χ0n) is 21.4. The van der Waals surface area contributed by atoms with Gasteiger partial charge in [-0.05, 0) is 36.2 Å². The van der Waals surface area contributed by atoms with Gasteiger partial charge >= 0.3 is 7.41 Å². The van der Waals surface area contributed by atoms with Gasteiger partial charge in [-0.2, -0.15) is 5.26 Å². The summed E-state index contributed by atoms with van der Waals surface area (Å²) < 4.78 is 5.61. The average Bonchev–Trinajstić information content (AvgIpc) is 3.44. The van der Waals surface area contributed by atoms with Gasteiger partial charge in [0.1, 0.15) is 18.0 Å². The highest BCUT2D eigenvalue weighted by molar-refractivity contribution is 6.70. The number of hydrogen-bond donors (Lipinski definition) is 2. The number of aliphatic hydroxyl groups is 1. The van der Waals surface area contributed by atoms with Crippen LogP contribution in [0.5, 0.6) is 5.75 Å². The van der Waals surface area contributed by atoms with Crippen LogP contribution in [-0.4, -0.2) is 61.5 Å². The molecule has 193 valence electrons. The summed E-state index contributed by atoms with van der Waals surface area (Å²) in [4.78, 5) is 24.1. The number of halogens is 1. The van der Waals surface area contributed by atoms with E-state index >= 15 is 0 Å². The number of fused-ring (bicyclic) bond motifs is 1. The van der Waals surface area contributed by atoms with Gasteiger partial charge in [0.2, 0.25) is 5.95 Å². The molecule has 0 spiro atoms. The number of aromatic nitrogens is 2. The lowest BCUT2D eigenvalue weighted by Crippen LogP contribution is -2.32. The molecule has 1 atom stereocenters. The van der Waals surface area contributed by atoms with Crippen molar-refractivity contribution in [2.24, 2.45) is 0 Å².